The molecule has 3 unspecified atom stereocenters. The van der Waals surface area contributed by atoms with E-state index < -0.39 is 24.0 Å². The Labute approximate surface area is 136 Å². The van der Waals surface area contributed by atoms with E-state index in [0.29, 0.717) is 12.0 Å². The normalized spacial score (nSPS) is 15.0. The number of hydrogen-bond donors (Lipinski definition) is 2. The summed E-state index contributed by atoms with van der Waals surface area (Å²) in [5, 5.41) is 11.9. The van der Waals surface area contributed by atoms with Crippen LogP contribution in [0.2, 0.25) is 0 Å². The zero-order valence-electron chi connectivity index (χ0n) is 14.4. The Kier molecular flexibility index (Phi) is 6.54. The number of rotatable bonds is 7. The lowest BCUT2D eigenvalue weighted by Gasteiger charge is -2.27. The molecule has 6 nitrogen and oxygen atoms in total. The van der Waals surface area contributed by atoms with Crippen molar-refractivity contribution in [1.82, 2.24) is 9.88 Å². The van der Waals surface area contributed by atoms with Crippen molar-refractivity contribution in [3.8, 4) is 0 Å². The van der Waals surface area contributed by atoms with Crippen molar-refractivity contribution in [2.45, 2.75) is 53.1 Å². The molecular weight excluding hydrogens is 296 g/mol. The Morgan fingerprint density at radius 3 is 2.39 bits per heavy atom. The molecule has 2 N–H and O–H groups in total. The Balaban J connectivity index is 3.15. The zero-order chi connectivity index (χ0) is 17.7. The fourth-order valence-corrected chi connectivity index (χ4v) is 2.51. The second-order valence-electron chi connectivity index (χ2n) is 6.30. The van der Waals surface area contributed by atoms with E-state index in [1.54, 1.807) is 32.2 Å². The van der Waals surface area contributed by atoms with Crippen molar-refractivity contribution in [2.75, 3.05) is 0 Å². The summed E-state index contributed by atoms with van der Waals surface area (Å²) in [4.78, 5) is 36.3. The van der Waals surface area contributed by atoms with E-state index in [-0.39, 0.29) is 17.4 Å². The van der Waals surface area contributed by atoms with Gasteiger partial charge in [-0.15, -0.1) is 0 Å². The number of nitrogens with one attached hydrogen (secondary N) is 1. The first kappa shape index (κ1) is 18.9. The lowest BCUT2D eigenvalue weighted by atomic mass is 9.97. The van der Waals surface area contributed by atoms with Crippen LogP contribution in [0.5, 0.6) is 0 Å². The number of carboxylic acids is 1. The molecule has 0 radical (unpaired) electrons. The molecule has 0 aliphatic heterocycles. The molecule has 1 aromatic rings. The van der Waals surface area contributed by atoms with E-state index in [9.17, 15) is 19.5 Å². The third-order valence-electron chi connectivity index (χ3n) is 4.14. The van der Waals surface area contributed by atoms with Gasteiger partial charge in [-0.25, -0.2) is 4.79 Å². The molecule has 0 fully saturated rings. The van der Waals surface area contributed by atoms with E-state index in [4.69, 9.17) is 0 Å². The molecule has 0 aromatic carbocycles. The topological polar surface area (TPSA) is 88.4 Å². The fraction of sp³-hybridized carbons (Fsp3) is 0.588. The molecule has 0 aliphatic carbocycles. The van der Waals surface area contributed by atoms with Crippen molar-refractivity contribution < 1.29 is 14.7 Å². The van der Waals surface area contributed by atoms with Gasteiger partial charge in [0.15, 0.2) is 0 Å². The van der Waals surface area contributed by atoms with Crippen LogP contribution in [0.15, 0.2) is 23.1 Å². The first-order chi connectivity index (χ1) is 10.7. The second-order valence-corrected chi connectivity index (χ2v) is 6.30. The lowest BCUT2D eigenvalue weighted by Crippen LogP contribution is -2.49. The zero-order valence-corrected chi connectivity index (χ0v) is 14.4. The van der Waals surface area contributed by atoms with Gasteiger partial charge in [-0.05, 0) is 24.8 Å². The molecule has 1 amide bonds. The number of aryl methyl sites for hydroxylation is 1. The minimum absolute atomic E-state index is 0.152. The van der Waals surface area contributed by atoms with Crippen molar-refractivity contribution in [3.05, 3.63) is 34.2 Å². The Morgan fingerprint density at radius 1 is 1.30 bits per heavy atom. The first-order valence-corrected chi connectivity index (χ1v) is 7.91. The summed E-state index contributed by atoms with van der Waals surface area (Å²) < 4.78 is 1.38. The highest BCUT2D eigenvalue weighted by Crippen LogP contribution is 2.18. The van der Waals surface area contributed by atoms with Crippen LogP contribution in [0.4, 0.5) is 0 Å². The summed E-state index contributed by atoms with van der Waals surface area (Å²) >= 11 is 0. The molecule has 1 heterocycles. The number of aliphatic carboxylic acids is 1. The van der Waals surface area contributed by atoms with Crippen LogP contribution in [-0.2, 0) is 9.59 Å². The van der Waals surface area contributed by atoms with Gasteiger partial charge in [0.2, 0.25) is 5.91 Å². The molecule has 0 saturated heterocycles. The number of nitrogens with zero attached hydrogens (tertiary/aromatic N) is 1. The molecule has 128 valence electrons. The number of pyridine rings is 1. The predicted octanol–water partition coefficient (Wildman–Crippen LogP) is 1.97. The average Bonchev–Trinajstić information content (AvgIpc) is 2.48. The highest BCUT2D eigenvalue weighted by atomic mass is 16.4. The minimum atomic E-state index is -1.06. The molecule has 0 saturated carbocycles. The summed E-state index contributed by atoms with van der Waals surface area (Å²) in [6.45, 7) is 9.00. The minimum Gasteiger partial charge on any atom is -0.480 e. The van der Waals surface area contributed by atoms with Gasteiger partial charge in [0.05, 0.1) is 0 Å². The van der Waals surface area contributed by atoms with E-state index in [1.807, 2.05) is 20.8 Å². The van der Waals surface area contributed by atoms with Crippen LogP contribution in [0.25, 0.3) is 0 Å². The quantitative estimate of drug-likeness (QED) is 0.803. The third kappa shape index (κ3) is 4.43. The van der Waals surface area contributed by atoms with E-state index in [1.165, 1.54) is 4.57 Å². The Bertz CT molecular complexity index is 621. The van der Waals surface area contributed by atoms with Crippen molar-refractivity contribution >= 4 is 11.9 Å². The molecule has 1 rings (SSSR count). The third-order valence-corrected chi connectivity index (χ3v) is 4.14. The molecule has 1 aromatic heterocycles. The van der Waals surface area contributed by atoms with Gasteiger partial charge in [-0.3, -0.25) is 9.59 Å². The van der Waals surface area contributed by atoms with Crippen LogP contribution in [0.3, 0.4) is 0 Å². The standard InChI is InChI=1S/C17H26N2O4/c1-6-11(4)13(17(22)23)18-15(20)14(10(2)3)19-9-7-8-12(5)16(19)21/h7-11,13-14H,6H2,1-5H3,(H,18,20)(H,22,23). The number of amides is 1. The van der Waals surface area contributed by atoms with Crippen LogP contribution in [0.1, 0.15) is 45.7 Å². The van der Waals surface area contributed by atoms with Gasteiger partial charge >= 0.3 is 5.97 Å². The van der Waals surface area contributed by atoms with Gasteiger partial charge in [-0.1, -0.05) is 40.2 Å². The lowest BCUT2D eigenvalue weighted by molar-refractivity contribution is -0.144. The summed E-state index contributed by atoms with van der Waals surface area (Å²) in [6, 6.07) is 1.69. The monoisotopic (exact) mass is 322 g/mol. The Morgan fingerprint density at radius 2 is 1.91 bits per heavy atom. The maximum absolute atomic E-state index is 12.6. The largest absolute Gasteiger partial charge is 0.480 e. The molecule has 6 heteroatoms. The predicted molar refractivity (Wildman–Crippen MR) is 88.3 cm³/mol. The van der Waals surface area contributed by atoms with E-state index in [0.717, 1.165) is 0 Å². The van der Waals surface area contributed by atoms with Crippen LogP contribution in [-0.4, -0.2) is 27.6 Å². The number of hydrogen-bond acceptors (Lipinski definition) is 3. The molecular formula is C17H26N2O4. The SMILES string of the molecule is CCC(C)C(NC(=O)C(C(C)C)n1cccc(C)c1=O)C(=O)O. The summed E-state index contributed by atoms with van der Waals surface area (Å²) in [5.41, 5.74) is 0.305. The Hall–Kier alpha value is -2.11. The number of carbonyl (C=O) groups is 2. The van der Waals surface area contributed by atoms with Crippen molar-refractivity contribution in [2.24, 2.45) is 11.8 Å². The molecule has 0 bridgehead atoms. The molecule has 0 spiro atoms. The summed E-state index contributed by atoms with van der Waals surface area (Å²) in [5.74, 6) is -1.86. The van der Waals surface area contributed by atoms with Crippen LogP contribution in [0, 0.1) is 18.8 Å². The van der Waals surface area contributed by atoms with Gasteiger partial charge < -0.3 is 15.0 Å². The maximum atomic E-state index is 12.6. The van der Waals surface area contributed by atoms with Gasteiger partial charge in [0, 0.05) is 11.8 Å². The highest BCUT2D eigenvalue weighted by molar-refractivity contribution is 5.86. The first-order valence-electron chi connectivity index (χ1n) is 7.91. The maximum Gasteiger partial charge on any atom is 0.326 e. The number of aromatic nitrogens is 1. The number of carboxylic acid groups (broad SMARTS) is 1. The molecule has 3 atom stereocenters. The van der Waals surface area contributed by atoms with Crippen molar-refractivity contribution in [1.29, 1.82) is 0 Å². The van der Waals surface area contributed by atoms with Crippen LogP contribution < -0.4 is 10.9 Å². The van der Waals surface area contributed by atoms with Crippen LogP contribution >= 0.6 is 0 Å². The van der Waals surface area contributed by atoms with Crippen molar-refractivity contribution in [3.63, 3.8) is 0 Å². The fourth-order valence-electron chi connectivity index (χ4n) is 2.51. The summed E-state index contributed by atoms with van der Waals surface area (Å²) in [7, 11) is 0. The van der Waals surface area contributed by atoms with Gasteiger partial charge in [-0.2, -0.15) is 0 Å². The van der Waals surface area contributed by atoms with E-state index >= 15 is 0 Å². The number of carbonyl (C=O) groups excluding carboxylic acids is 1. The summed E-state index contributed by atoms with van der Waals surface area (Å²) in [6.07, 6.45) is 2.20. The van der Waals surface area contributed by atoms with Gasteiger partial charge in [0.25, 0.3) is 5.56 Å². The molecule has 23 heavy (non-hydrogen) atoms. The highest BCUT2D eigenvalue weighted by Gasteiger charge is 2.31. The average molecular weight is 322 g/mol. The smallest absolute Gasteiger partial charge is 0.326 e. The second kappa shape index (κ2) is 7.94. The molecule has 0 aliphatic rings. The van der Waals surface area contributed by atoms with E-state index in [2.05, 4.69) is 5.32 Å². The van der Waals surface area contributed by atoms with Gasteiger partial charge in [0.1, 0.15) is 12.1 Å².